The number of nitrogens with zero attached hydrogens (tertiary/aromatic N) is 3. The van der Waals surface area contributed by atoms with E-state index in [2.05, 4.69) is 6.07 Å². The van der Waals surface area contributed by atoms with Gasteiger partial charge in [0.25, 0.3) is 0 Å². The lowest BCUT2D eigenvalue weighted by Crippen LogP contribution is -2.47. The van der Waals surface area contributed by atoms with Gasteiger partial charge in [0, 0.05) is 22.9 Å². The minimum atomic E-state index is -0.683. The van der Waals surface area contributed by atoms with Gasteiger partial charge in [-0.1, -0.05) is 41.6 Å². The summed E-state index contributed by atoms with van der Waals surface area (Å²) >= 11 is 7.62. The number of hydrogen-bond acceptors (Lipinski definition) is 5. The van der Waals surface area contributed by atoms with Gasteiger partial charge in [-0.2, -0.15) is 5.26 Å². The molecular weight excluding hydrogens is 425 g/mol. The molecule has 2 heterocycles. The van der Waals surface area contributed by atoms with Crippen LogP contribution in [-0.4, -0.2) is 30.0 Å². The van der Waals surface area contributed by atoms with Crippen LogP contribution in [0.25, 0.3) is 0 Å². The highest BCUT2D eigenvalue weighted by atomic mass is 35.5. The number of thioether (sulfide) groups is 1. The fraction of sp³-hybridized carbons (Fsp3) is 0.273. The first-order chi connectivity index (χ1) is 14.5. The highest BCUT2D eigenvalue weighted by Gasteiger charge is 2.40. The number of nitriles is 1. The van der Waals surface area contributed by atoms with E-state index in [0.717, 1.165) is 11.4 Å². The summed E-state index contributed by atoms with van der Waals surface area (Å²) < 4.78 is 20.2. The van der Waals surface area contributed by atoms with Gasteiger partial charge in [-0.05, 0) is 31.2 Å². The van der Waals surface area contributed by atoms with Gasteiger partial charge in [0.05, 0.1) is 41.5 Å². The number of carbonyl (C=O) groups is 1. The van der Waals surface area contributed by atoms with Crippen molar-refractivity contribution in [3.05, 3.63) is 69.5 Å². The highest BCUT2D eigenvalue weighted by Crippen LogP contribution is 2.46. The predicted octanol–water partition coefficient (Wildman–Crippen LogP) is 5.10. The zero-order valence-corrected chi connectivity index (χ0v) is 17.8. The molecule has 0 bridgehead atoms. The molecule has 5 nitrogen and oxygen atoms in total. The minimum absolute atomic E-state index is 0.00540. The Hall–Kier alpha value is -2.69. The van der Waals surface area contributed by atoms with Crippen molar-refractivity contribution in [2.75, 3.05) is 24.1 Å². The first kappa shape index (κ1) is 20.6. The summed E-state index contributed by atoms with van der Waals surface area (Å²) in [6.45, 7) is 2.76. The molecule has 1 saturated heterocycles. The number of allylic oxidation sites excluding steroid dienone is 1. The SMILES string of the molecule is CCOc1ccccc1N1CSC2=C(C#N)[C@@H](c3c(F)cccc3Cl)CC(=O)N2C1. The molecule has 0 N–H and O–H groups in total. The number of halogens is 2. The maximum Gasteiger partial charge on any atom is 0.229 e. The van der Waals surface area contributed by atoms with Crippen molar-refractivity contribution < 1.29 is 13.9 Å². The van der Waals surface area contributed by atoms with Crippen LogP contribution >= 0.6 is 23.4 Å². The average molecular weight is 444 g/mol. The minimum Gasteiger partial charge on any atom is -0.492 e. The smallest absolute Gasteiger partial charge is 0.229 e. The van der Waals surface area contributed by atoms with Crippen LogP contribution in [-0.2, 0) is 4.79 Å². The van der Waals surface area contributed by atoms with Gasteiger partial charge >= 0.3 is 0 Å². The molecule has 4 rings (SSSR count). The number of ether oxygens (including phenoxy) is 1. The first-order valence-corrected chi connectivity index (χ1v) is 10.9. The Balaban J connectivity index is 1.70. The Bertz CT molecular complexity index is 1050. The van der Waals surface area contributed by atoms with Crippen LogP contribution in [0.3, 0.4) is 0 Å². The van der Waals surface area contributed by atoms with Crippen LogP contribution in [0, 0.1) is 17.1 Å². The average Bonchev–Trinajstić information content (AvgIpc) is 2.74. The van der Waals surface area contributed by atoms with Crippen LogP contribution in [0.5, 0.6) is 5.75 Å². The van der Waals surface area contributed by atoms with E-state index in [1.54, 1.807) is 11.0 Å². The summed E-state index contributed by atoms with van der Waals surface area (Å²) in [5.74, 6) is -0.0765. The highest BCUT2D eigenvalue weighted by molar-refractivity contribution is 8.03. The number of rotatable bonds is 4. The van der Waals surface area contributed by atoms with E-state index >= 15 is 0 Å². The predicted molar refractivity (Wildman–Crippen MR) is 116 cm³/mol. The van der Waals surface area contributed by atoms with Crippen molar-refractivity contribution in [1.29, 1.82) is 5.26 Å². The Morgan fingerprint density at radius 3 is 2.83 bits per heavy atom. The molecule has 8 heteroatoms. The summed E-state index contributed by atoms with van der Waals surface area (Å²) in [6.07, 6.45) is -0.00540. The topological polar surface area (TPSA) is 56.6 Å². The molecule has 0 saturated carbocycles. The van der Waals surface area contributed by atoms with Gasteiger partial charge in [-0.25, -0.2) is 4.39 Å². The number of anilines is 1. The fourth-order valence-electron chi connectivity index (χ4n) is 3.80. The molecule has 0 radical (unpaired) electrons. The zero-order chi connectivity index (χ0) is 21.3. The molecule has 154 valence electrons. The lowest BCUT2D eigenvalue weighted by molar-refractivity contribution is -0.129. The summed E-state index contributed by atoms with van der Waals surface area (Å²) in [5, 5.41) is 10.7. The summed E-state index contributed by atoms with van der Waals surface area (Å²) in [4.78, 5) is 16.7. The van der Waals surface area contributed by atoms with Crippen LogP contribution in [0.15, 0.2) is 53.1 Å². The van der Waals surface area contributed by atoms with E-state index in [4.69, 9.17) is 16.3 Å². The number of amides is 1. The fourth-order valence-corrected chi connectivity index (χ4v) is 5.25. The summed E-state index contributed by atoms with van der Waals surface area (Å²) in [7, 11) is 0. The molecule has 30 heavy (non-hydrogen) atoms. The summed E-state index contributed by atoms with van der Waals surface area (Å²) in [6, 6.07) is 14.3. The third-order valence-corrected chi connectivity index (χ3v) is 6.63. The van der Waals surface area contributed by atoms with E-state index in [9.17, 15) is 14.4 Å². The van der Waals surface area contributed by atoms with Crippen LogP contribution in [0.1, 0.15) is 24.8 Å². The van der Waals surface area contributed by atoms with Gasteiger partial charge in [0.2, 0.25) is 5.91 Å². The molecule has 0 unspecified atom stereocenters. The Kier molecular flexibility index (Phi) is 5.89. The normalized spacial score (nSPS) is 18.9. The van der Waals surface area contributed by atoms with E-state index in [1.165, 1.54) is 23.9 Å². The molecule has 0 spiro atoms. The molecule has 1 atom stereocenters. The second-order valence-corrected chi connectivity index (χ2v) is 8.24. The molecule has 1 amide bonds. The van der Waals surface area contributed by atoms with Crippen molar-refractivity contribution in [3.63, 3.8) is 0 Å². The Morgan fingerprint density at radius 2 is 2.10 bits per heavy atom. The second-order valence-electron chi connectivity index (χ2n) is 6.90. The molecule has 0 aliphatic carbocycles. The third kappa shape index (κ3) is 3.62. The van der Waals surface area contributed by atoms with Gasteiger partial charge in [0.1, 0.15) is 11.6 Å². The van der Waals surface area contributed by atoms with Crippen molar-refractivity contribution >= 4 is 35.0 Å². The van der Waals surface area contributed by atoms with Crippen molar-refractivity contribution in [2.45, 2.75) is 19.3 Å². The number of benzene rings is 2. The molecule has 0 aromatic heterocycles. The van der Waals surface area contributed by atoms with E-state index in [1.807, 2.05) is 36.1 Å². The Labute approximate surface area is 183 Å². The Morgan fingerprint density at radius 1 is 1.30 bits per heavy atom. The molecule has 1 fully saturated rings. The number of carbonyl (C=O) groups excluding carboxylic acids is 1. The van der Waals surface area contributed by atoms with Gasteiger partial charge in [-0.3, -0.25) is 9.69 Å². The lowest BCUT2D eigenvalue weighted by atomic mass is 9.86. The maximum absolute atomic E-state index is 14.5. The zero-order valence-electron chi connectivity index (χ0n) is 16.3. The monoisotopic (exact) mass is 443 g/mol. The third-order valence-electron chi connectivity index (χ3n) is 5.15. The van der Waals surface area contributed by atoms with Crippen LogP contribution in [0.2, 0.25) is 5.02 Å². The molecule has 2 aliphatic rings. The van der Waals surface area contributed by atoms with Crippen molar-refractivity contribution in [3.8, 4) is 11.8 Å². The number of fused-ring (bicyclic) bond motifs is 1. The largest absolute Gasteiger partial charge is 0.492 e. The van der Waals surface area contributed by atoms with E-state index in [0.29, 0.717) is 29.8 Å². The molecular formula is C22H19ClFN3O2S. The van der Waals surface area contributed by atoms with Crippen molar-refractivity contribution in [1.82, 2.24) is 4.90 Å². The molecule has 2 aliphatic heterocycles. The second kappa shape index (κ2) is 8.58. The standard InChI is InChI=1S/C22H19ClFN3O2S/c1-2-29-19-9-4-3-8-18(19)26-12-27-20(28)10-14(15(11-25)22(27)30-13-26)21-16(23)6-5-7-17(21)24/h3-9,14H,2,10,12-13H2,1H3/t14-/m0/s1. The number of para-hydroxylation sites is 2. The molecule has 2 aromatic carbocycles. The van der Waals surface area contributed by atoms with Gasteiger partial charge in [-0.15, -0.1) is 0 Å². The van der Waals surface area contributed by atoms with Crippen LogP contribution in [0.4, 0.5) is 10.1 Å². The van der Waals surface area contributed by atoms with Crippen LogP contribution < -0.4 is 9.64 Å². The quantitative estimate of drug-likeness (QED) is 0.658. The van der Waals surface area contributed by atoms with Gasteiger partial charge in [0.15, 0.2) is 0 Å². The number of hydrogen-bond donors (Lipinski definition) is 0. The first-order valence-electron chi connectivity index (χ1n) is 9.53. The lowest BCUT2D eigenvalue weighted by Gasteiger charge is -2.42. The van der Waals surface area contributed by atoms with E-state index in [-0.39, 0.29) is 22.9 Å². The summed E-state index contributed by atoms with van der Waals surface area (Å²) in [5.41, 5.74) is 1.47. The maximum atomic E-state index is 14.5. The van der Waals surface area contributed by atoms with E-state index < -0.39 is 11.7 Å². The molecule has 2 aromatic rings. The van der Waals surface area contributed by atoms with Gasteiger partial charge < -0.3 is 9.64 Å². The van der Waals surface area contributed by atoms with Crippen molar-refractivity contribution in [2.24, 2.45) is 0 Å².